The number of ether oxygens (including phenoxy) is 2. The molecule has 2 aromatic carbocycles. The van der Waals surface area contributed by atoms with Crippen molar-refractivity contribution in [2.75, 3.05) is 38.2 Å². The van der Waals surface area contributed by atoms with E-state index in [4.69, 9.17) is 9.47 Å². The fraction of sp³-hybridized carbons (Fsp3) is 0.500. The van der Waals surface area contributed by atoms with Crippen LogP contribution >= 0.6 is 15.9 Å². The Morgan fingerprint density at radius 1 is 0.966 bits per heavy atom. The predicted octanol–water partition coefficient (Wildman–Crippen LogP) is 4.97. The van der Waals surface area contributed by atoms with Crippen LogP contribution in [-0.4, -0.2) is 54.3 Å². The number of hydrogen-bond donors (Lipinski definition) is 1. The van der Waals surface area contributed by atoms with Gasteiger partial charge in [0.2, 0.25) is 0 Å². The minimum absolute atomic E-state index is 0.155. The van der Waals surface area contributed by atoms with Gasteiger partial charge in [0.15, 0.2) is 0 Å². The first-order chi connectivity index (χ1) is 14.1. The van der Waals surface area contributed by atoms with Crippen LogP contribution in [-0.2, 0) is 0 Å². The Morgan fingerprint density at radius 2 is 1.55 bits per heavy atom. The van der Waals surface area contributed by atoms with E-state index in [0.29, 0.717) is 13.2 Å². The van der Waals surface area contributed by atoms with E-state index >= 15 is 0 Å². The summed E-state index contributed by atoms with van der Waals surface area (Å²) in [5.74, 6) is 1.89. The van der Waals surface area contributed by atoms with Crippen LogP contribution in [0.2, 0.25) is 0 Å². The standard InChI is InChI=1S/C24H32BrNO3/c1-18-21(7-3-9-23(18)28-15-5-12-25)22-8-4-10-24(19(22)2)29-16-6-13-26-14-11-20(27)17-26/h3-4,7-10,20,27H,5-6,11-17H2,1-2H3/t20-/m1/s1. The van der Waals surface area contributed by atoms with Crippen LogP contribution in [0.1, 0.15) is 30.4 Å². The lowest BCUT2D eigenvalue weighted by Gasteiger charge is -2.18. The summed E-state index contributed by atoms with van der Waals surface area (Å²) in [6.45, 7) is 8.40. The molecule has 29 heavy (non-hydrogen) atoms. The molecule has 0 spiro atoms. The summed E-state index contributed by atoms with van der Waals surface area (Å²) in [5.41, 5.74) is 4.70. The third-order valence-corrected chi connectivity index (χ3v) is 6.08. The molecule has 0 bridgehead atoms. The quantitative estimate of drug-likeness (QED) is 0.400. The summed E-state index contributed by atoms with van der Waals surface area (Å²) in [4.78, 5) is 2.31. The first-order valence-electron chi connectivity index (χ1n) is 10.5. The lowest BCUT2D eigenvalue weighted by molar-refractivity contribution is 0.173. The van der Waals surface area contributed by atoms with Gasteiger partial charge in [-0.3, -0.25) is 0 Å². The highest BCUT2D eigenvalue weighted by Crippen LogP contribution is 2.35. The van der Waals surface area contributed by atoms with Crippen LogP contribution in [0, 0.1) is 13.8 Å². The Kier molecular flexibility index (Phi) is 8.40. The van der Waals surface area contributed by atoms with E-state index in [1.165, 1.54) is 11.1 Å². The zero-order chi connectivity index (χ0) is 20.6. The molecule has 1 N–H and O–H groups in total. The van der Waals surface area contributed by atoms with Crippen LogP contribution in [0.4, 0.5) is 0 Å². The molecule has 1 aliphatic heterocycles. The van der Waals surface area contributed by atoms with E-state index in [-0.39, 0.29) is 6.10 Å². The van der Waals surface area contributed by atoms with Crippen LogP contribution < -0.4 is 9.47 Å². The first kappa shape index (κ1) is 22.1. The molecular weight excluding hydrogens is 430 g/mol. The van der Waals surface area contributed by atoms with Crippen molar-refractivity contribution >= 4 is 15.9 Å². The summed E-state index contributed by atoms with van der Waals surface area (Å²) < 4.78 is 12.1. The topological polar surface area (TPSA) is 41.9 Å². The fourth-order valence-corrected chi connectivity index (χ4v) is 4.08. The second-order valence-electron chi connectivity index (χ2n) is 7.69. The van der Waals surface area contributed by atoms with Crippen LogP contribution in [0.25, 0.3) is 11.1 Å². The Morgan fingerprint density at radius 3 is 2.07 bits per heavy atom. The number of aliphatic hydroxyl groups is 1. The van der Waals surface area contributed by atoms with E-state index in [2.05, 4.69) is 58.9 Å². The lowest BCUT2D eigenvalue weighted by atomic mass is 9.95. The van der Waals surface area contributed by atoms with E-state index < -0.39 is 0 Å². The molecule has 158 valence electrons. The van der Waals surface area contributed by atoms with Gasteiger partial charge in [0.1, 0.15) is 11.5 Å². The minimum atomic E-state index is -0.155. The van der Waals surface area contributed by atoms with Crippen LogP contribution in [0.5, 0.6) is 11.5 Å². The Bertz CT molecular complexity index is 796. The van der Waals surface area contributed by atoms with Crippen molar-refractivity contribution in [3.63, 3.8) is 0 Å². The van der Waals surface area contributed by atoms with Crippen molar-refractivity contribution in [3.8, 4) is 22.6 Å². The molecule has 0 radical (unpaired) electrons. The third-order valence-electron chi connectivity index (χ3n) is 5.52. The average molecular weight is 462 g/mol. The average Bonchev–Trinajstić information content (AvgIpc) is 3.13. The molecule has 3 rings (SSSR count). The number of nitrogens with zero attached hydrogens (tertiary/aromatic N) is 1. The number of rotatable bonds is 10. The van der Waals surface area contributed by atoms with Gasteiger partial charge in [-0.25, -0.2) is 0 Å². The third kappa shape index (κ3) is 5.97. The first-order valence-corrected chi connectivity index (χ1v) is 11.6. The summed E-state index contributed by atoms with van der Waals surface area (Å²) in [7, 11) is 0. The molecular formula is C24H32BrNO3. The van der Waals surface area contributed by atoms with E-state index in [1.54, 1.807) is 0 Å². The number of β-amino-alcohol motifs (C(OH)–C–C–N with tert-alkyl or cyclic N) is 1. The van der Waals surface area contributed by atoms with Crippen molar-refractivity contribution in [1.29, 1.82) is 0 Å². The molecule has 1 heterocycles. The maximum absolute atomic E-state index is 9.63. The molecule has 0 aromatic heterocycles. The molecule has 2 aromatic rings. The summed E-state index contributed by atoms with van der Waals surface area (Å²) in [6.07, 6.45) is 2.69. The molecule has 1 aliphatic rings. The van der Waals surface area contributed by atoms with Gasteiger partial charge in [0, 0.05) is 25.0 Å². The van der Waals surface area contributed by atoms with Crippen molar-refractivity contribution in [2.45, 2.75) is 39.2 Å². The molecule has 1 atom stereocenters. The van der Waals surface area contributed by atoms with Crippen molar-refractivity contribution in [2.24, 2.45) is 0 Å². The monoisotopic (exact) mass is 461 g/mol. The van der Waals surface area contributed by atoms with Crippen LogP contribution in [0.15, 0.2) is 36.4 Å². The van der Waals surface area contributed by atoms with Gasteiger partial charge in [-0.05, 0) is 67.5 Å². The zero-order valence-electron chi connectivity index (χ0n) is 17.5. The Hall–Kier alpha value is -1.56. The van der Waals surface area contributed by atoms with Gasteiger partial charge < -0.3 is 19.5 Å². The molecule has 4 nitrogen and oxygen atoms in total. The maximum Gasteiger partial charge on any atom is 0.122 e. The van der Waals surface area contributed by atoms with Gasteiger partial charge in [-0.15, -0.1) is 0 Å². The van der Waals surface area contributed by atoms with E-state index in [1.807, 2.05) is 12.1 Å². The highest BCUT2D eigenvalue weighted by atomic mass is 79.9. The molecule has 0 amide bonds. The molecule has 1 saturated heterocycles. The largest absolute Gasteiger partial charge is 0.493 e. The lowest BCUT2D eigenvalue weighted by Crippen LogP contribution is -2.24. The molecule has 0 unspecified atom stereocenters. The number of aliphatic hydroxyl groups excluding tert-OH is 1. The molecule has 5 heteroatoms. The smallest absolute Gasteiger partial charge is 0.122 e. The number of halogens is 1. The number of likely N-dealkylation sites (tertiary alicyclic amines) is 1. The van der Waals surface area contributed by atoms with Gasteiger partial charge in [0.25, 0.3) is 0 Å². The maximum atomic E-state index is 9.63. The van der Waals surface area contributed by atoms with Crippen molar-refractivity contribution in [3.05, 3.63) is 47.5 Å². The predicted molar refractivity (Wildman–Crippen MR) is 122 cm³/mol. The van der Waals surface area contributed by atoms with Gasteiger partial charge in [-0.2, -0.15) is 0 Å². The second kappa shape index (κ2) is 11.0. The Balaban J connectivity index is 1.64. The molecule has 1 fully saturated rings. The van der Waals surface area contributed by atoms with E-state index in [9.17, 15) is 5.11 Å². The minimum Gasteiger partial charge on any atom is -0.493 e. The Labute approximate surface area is 183 Å². The molecule has 0 saturated carbocycles. The SMILES string of the molecule is Cc1c(OCCCBr)cccc1-c1cccc(OCCCN2CC[C@@H](O)C2)c1C. The number of hydrogen-bond acceptors (Lipinski definition) is 4. The van der Waals surface area contributed by atoms with Crippen molar-refractivity contribution < 1.29 is 14.6 Å². The number of alkyl halides is 1. The summed E-state index contributed by atoms with van der Waals surface area (Å²) in [6, 6.07) is 12.5. The summed E-state index contributed by atoms with van der Waals surface area (Å²) >= 11 is 3.45. The fourth-order valence-electron chi connectivity index (χ4n) is 3.85. The highest BCUT2D eigenvalue weighted by Gasteiger charge is 2.19. The summed E-state index contributed by atoms with van der Waals surface area (Å²) in [5, 5.41) is 10.6. The van der Waals surface area contributed by atoms with Crippen molar-refractivity contribution in [1.82, 2.24) is 4.90 Å². The zero-order valence-corrected chi connectivity index (χ0v) is 19.1. The van der Waals surface area contributed by atoms with E-state index in [0.717, 1.165) is 66.9 Å². The van der Waals surface area contributed by atoms with Crippen LogP contribution in [0.3, 0.4) is 0 Å². The van der Waals surface area contributed by atoms with Gasteiger partial charge >= 0.3 is 0 Å². The van der Waals surface area contributed by atoms with Gasteiger partial charge in [0.05, 0.1) is 19.3 Å². The second-order valence-corrected chi connectivity index (χ2v) is 8.49. The number of benzene rings is 2. The molecule has 0 aliphatic carbocycles. The normalized spacial score (nSPS) is 16.9. The van der Waals surface area contributed by atoms with Gasteiger partial charge in [-0.1, -0.05) is 40.2 Å². The highest BCUT2D eigenvalue weighted by molar-refractivity contribution is 9.09.